The van der Waals surface area contributed by atoms with Gasteiger partial charge in [-0.2, -0.15) is 5.26 Å². The molecule has 1 aliphatic heterocycles. The minimum Gasteiger partial charge on any atom is -0.354 e. The van der Waals surface area contributed by atoms with Gasteiger partial charge in [0.25, 0.3) is 5.91 Å². The van der Waals surface area contributed by atoms with Gasteiger partial charge in [0.1, 0.15) is 0 Å². The van der Waals surface area contributed by atoms with Gasteiger partial charge in [0, 0.05) is 48.3 Å². The summed E-state index contributed by atoms with van der Waals surface area (Å²) in [6.07, 6.45) is 0.935. The van der Waals surface area contributed by atoms with Crippen LogP contribution in [0.3, 0.4) is 0 Å². The highest BCUT2D eigenvalue weighted by Crippen LogP contribution is 2.34. The normalized spacial score (nSPS) is 16.8. The molecule has 1 atom stereocenters. The van der Waals surface area contributed by atoms with Crippen LogP contribution in [-0.2, 0) is 9.73 Å². The lowest BCUT2D eigenvalue weighted by Crippen LogP contribution is -2.30. The van der Waals surface area contributed by atoms with Crippen LogP contribution in [0, 0.1) is 23.0 Å². The van der Waals surface area contributed by atoms with E-state index < -0.39 is 21.6 Å². The summed E-state index contributed by atoms with van der Waals surface area (Å²) < 4.78 is 48.1. The molecule has 1 amide bonds. The number of alkyl halides is 2. The van der Waals surface area contributed by atoms with Crippen molar-refractivity contribution in [2.24, 2.45) is 0 Å². The van der Waals surface area contributed by atoms with Gasteiger partial charge in [-0.05, 0) is 49.2 Å². The number of carbonyl (C=O) groups excluding carboxylic acids is 1. The fourth-order valence-electron chi connectivity index (χ4n) is 4.26. The van der Waals surface area contributed by atoms with Gasteiger partial charge in [0.2, 0.25) is 5.92 Å². The van der Waals surface area contributed by atoms with E-state index >= 15 is 0 Å². The van der Waals surface area contributed by atoms with Crippen molar-refractivity contribution in [2.75, 3.05) is 29.6 Å². The lowest BCUT2D eigenvalue weighted by atomic mass is 10.0. The Labute approximate surface area is 214 Å². The fraction of sp³-hybridized carbons (Fsp3) is 0.308. The van der Waals surface area contributed by atoms with E-state index in [0.717, 1.165) is 0 Å². The third-order valence-corrected chi connectivity index (χ3v) is 7.43. The fourth-order valence-corrected chi connectivity index (χ4v) is 4.95. The van der Waals surface area contributed by atoms with Gasteiger partial charge in [-0.3, -0.25) is 4.79 Å². The summed E-state index contributed by atoms with van der Waals surface area (Å²) in [5, 5.41) is 20.5. The van der Waals surface area contributed by atoms with E-state index in [4.69, 9.17) is 10.0 Å². The predicted octanol–water partition coefficient (Wildman–Crippen LogP) is 5.24. The van der Waals surface area contributed by atoms with Gasteiger partial charge in [0.05, 0.1) is 32.6 Å². The zero-order valence-corrected chi connectivity index (χ0v) is 21.2. The topological polar surface area (TPSA) is 123 Å². The second-order valence-corrected chi connectivity index (χ2v) is 11.2. The highest BCUT2D eigenvalue weighted by atomic mass is 32.2. The van der Waals surface area contributed by atoms with Crippen molar-refractivity contribution in [3.05, 3.63) is 65.2 Å². The summed E-state index contributed by atoms with van der Waals surface area (Å²) in [6, 6.07) is 15.0. The molecule has 1 unspecified atom stereocenters. The quantitative estimate of drug-likeness (QED) is 0.471. The molecule has 0 radical (unpaired) electrons. The maximum absolute atomic E-state index is 14.1. The van der Waals surface area contributed by atoms with Crippen LogP contribution in [0.4, 0.5) is 20.3 Å². The second kappa shape index (κ2) is 10.2. The summed E-state index contributed by atoms with van der Waals surface area (Å²) >= 11 is 0. The molecule has 11 heteroatoms. The second-order valence-electron chi connectivity index (χ2n) is 9.08. The molecule has 1 saturated heterocycles. The lowest BCUT2D eigenvalue weighted by molar-refractivity contribution is -0.0102. The van der Waals surface area contributed by atoms with Crippen LogP contribution in [0.2, 0.25) is 0 Å². The van der Waals surface area contributed by atoms with E-state index in [2.05, 4.69) is 21.6 Å². The standard InChI is InChI=1S/C26H26F2N6O2S/c1-17-22(25(35)31-20-5-3-6-21(15-20)37(2,30)36)24(34-13-4-11-26(27,28)12-14-34)33-32-23(17)19-9-7-18(16-29)8-10-19/h3,5-10,15,30H,4,11-14H2,1-2H3,(H,31,35). The molecule has 2 aromatic carbocycles. The minimum absolute atomic E-state index is 0.0177. The SMILES string of the molecule is Cc1c(-c2ccc(C#N)cc2)nnc(N2CCCC(F)(F)CC2)c1C(=O)Nc1cccc(S(C)(=N)=O)c1. The first kappa shape index (κ1) is 26.2. The van der Waals surface area contributed by atoms with Crippen molar-refractivity contribution in [1.29, 1.82) is 10.0 Å². The first-order valence-corrected chi connectivity index (χ1v) is 13.6. The van der Waals surface area contributed by atoms with Gasteiger partial charge < -0.3 is 10.2 Å². The van der Waals surface area contributed by atoms with Crippen molar-refractivity contribution in [2.45, 2.75) is 37.0 Å². The Balaban J connectivity index is 1.78. The molecular weight excluding hydrogens is 498 g/mol. The number of amides is 1. The Bertz CT molecular complexity index is 1480. The lowest BCUT2D eigenvalue weighted by Gasteiger charge is -2.25. The van der Waals surface area contributed by atoms with Crippen LogP contribution < -0.4 is 10.2 Å². The first-order valence-electron chi connectivity index (χ1n) is 11.6. The van der Waals surface area contributed by atoms with Crippen LogP contribution in [0.5, 0.6) is 0 Å². The number of rotatable bonds is 5. The van der Waals surface area contributed by atoms with Crippen molar-refractivity contribution < 1.29 is 17.8 Å². The maximum Gasteiger partial charge on any atom is 0.259 e. The zero-order valence-electron chi connectivity index (χ0n) is 20.4. The molecule has 0 aliphatic carbocycles. The Morgan fingerprint density at radius 3 is 2.57 bits per heavy atom. The van der Waals surface area contributed by atoms with E-state index in [1.807, 2.05) is 0 Å². The highest BCUT2D eigenvalue weighted by Gasteiger charge is 2.34. The predicted molar refractivity (Wildman–Crippen MR) is 137 cm³/mol. The third kappa shape index (κ3) is 5.91. The average molecular weight is 525 g/mol. The van der Waals surface area contributed by atoms with Gasteiger partial charge >= 0.3 is 0 Å². The maximum atomic E-state index is 14.1. The molecule has 37 heavy (non-hydrogen) atoms. The number of nitrogens with zero attached hydrogens (tertiary/aromatic N) is 4. The van der Waals surface area contributed by atoms with Gasteiger partial charge in [-0.15, -0.1) is 10.2 Å². The minimum atomic E-state index is -3.00. The number of aromatic nitrogens is 2. The molecule has 4 rings (SSSR count). The van der Waals surface area contributed by atoms with Gasteiger partial charge in [0.15, 0.2) is 5.82 Å². The Morgan fingerprint density at radius 1 is 1.16 bits per heavy atom. The molecule has 0 saturated carbocycles. The van der Waals surface area contributed by atoms with Crippen molar-refractivity contribution in [3.8, 4) is 17.3 Å². The number of anilines is 2. The smallest absolute Gasteiger partial charge is 0.259 e. The molecule has 2 heterocycles. The van der Waals surface area contributed by atoms with Crippen LogP contribution in [0.1, 0.15) is 40.7 Å². The molecule has 0 bridgehead atoms. The van der Waals surface area contributed by atoms with Crippen molar-refractivity contribution >= 4 is 27.1 Å². The van der Waals surface area contributed by atoms with Gasteiger partial charge in [-0.1, -0.05) is 18.2 Å². The van der Waals surface area contributed by atoms with Crippen molar-refractivity contribution in [3.63, 3.8) is 0 Å². The summed E-state index contributed by atoms with van der Waals surface area (Å²) in [5.74, 6) is -3.11. The third-order valence-electron chi connectivity index (χ3n) is 6.27. The zero-order chi connectivity index (χ0) is 26.8. The largest absolute Gasteiger partial charge is 0.354 e. The van der Waals surface area contributed by atoms with Crippen molar-refractivity contribution in [1.82, 2.24) is 10.2 Å². The molecule has 2 N–H and O–H groups in total. The van der Waals surface area contributed by atoms with Gasteiger partial charge in [-0.25, -0.2) is 17.8 Å². The molecule has 192 valence electrons. The van der Waals surface area contributed by atoms with Crippen LogP contribution in [0.25, 0.3) is 11.3 Å². The summed E-state index contributed by atoms with van der Waals surface area (Å²) in [6.45, 7) is 2.03. The number of hydrogen-bond donors (Lipinski definition) is 2. The monoisotopic (exact) mass is 524 g/mol. The highest BCUT2D eigenvalue weighted by molar-refractivity contribution is 7.91. The summed E-state index contributed by atoms with van der Waals surface area (Å²) in [7, 11) is -3.00. The molecule has 1 fully saturated rings. The number of nitriles is 1. The first-order chi connectivity index (χ1) is 17.5. The molecule has 1 aromatic heterocycles. The Hall–Kier alpha value is -3.91. The molecule has 3 aromatic rings. The molecular formula is C26H26F2N6O2S. The number of benzene rings is 2. The summed E-state index contributed by atoms with van der Waals surface area (Å²) in [5.41, 5.74) is 2.57. The van der Waals surface area contributed by atoms with Crippen LogP contribution in [0.15, 0.2) is 53.4 Å². The molecule has 0 spiro atoms. The number of hydrogen-bond acceptors (Lipinski definition) is 7. The van der Waals surface area contributed by atoms with E-state index in [1.165, 1.54) is 12.3 Å². The van der Waals surface area contributed by atoms with E-state index in [9.17, 15) is 17.8 Å². The Kier molecular flexibility index (Phi) is 7.23. The van der Waals surface area contributed by atoms with E-state index in [-0.39, 0.29) is 42.1 Å². The van der Waals surface area contributed by atoms with Crippen LogP contribution >= 0.6 is 0 Å². The Morgan fingerprint density at radius 2 is 1.89 bits per heavy atom. The summed E-state index contributed by atoms with van der Waals surface area (Å²) in [4.78, 5) is 15.6. The molecule has 8 nitrogen and oxygen atoms in total. The number of carbonyl (C=O) groups is 1. The number of halogens is 2. The average Bonchev–Trinajstić information content (AvgIpc) is 3.03. The van der Waals surface area contributed by atoms with E-state index in [1.54, 1.807) is 54.3 Å². The van der Waals surface area contributed by atoms with Crippen LogP contribution in [-0.4, -0.2) is 45.6 Å². The number of nitrogens with one attached hydrogen (secondary N) is 2. The van der Waals surface area contributed by atoms with E-state index in [0.29, 0.717) is 34.6 Å². The molecule has 1 aliphatic rings.